The molecule has 8 heteroatoms. The van der Waals surface area contributed by atoms with Crippen LogP contribution in [0, 0.1) is 0 Å². The summed E-state index contributed by atoms with van der Waals surface area (Å²) in [7, 11) is 1.69. The third-order valence-electron chi connectivity index (χ3n) is 4.83. The van der Waals surface area contributed by atoms with Crippen molar-refractivity contribution in [1.82, 2.24) is 24.8 Å². The van der Waals surface area contributed by atoms with E-state index in [4.69, 9.17) is 4.98 Å². The van der Waals surface area contributed by atoms with Crippen molar-refractivity contribution >= 4 is 38.5 Å². The lowest BCUT2D eigenvalue weighted by atomic mass is 10.1. The van der Waals surface area contributed by atoms with Crippen LogP contribution < -0.4 is 5.56 Å². The minimum absolute atomic E-state index is 0.167. The first-order valence-electron chi connectivity index (χ1n) is 9.51. The largest absolute Gasteiger partial charge is 0.334 e. The molecule has 1 N–H and O–H groups in total. The van der Waals surface area contributed by atoms with Crippen molar-refractivity contribution in [2.75, 3.05) is 7.05 Å². The molecule has 0 spiro atoms. The molecule has 0 bridgehead atoms. The van der Waals surface area contributed by atoms with Crippen LogP contribution in [0.3, 0.4) is 0 Å². The summed E-state index contributed by atoms with van der Waals surface area (Å²) < 4.78 is 0.592. The molecule has 0 saturated heterocycles. The maximum Gasteiger partial charge on any atom is 0.268 e. The van der Waals surface area contributed by atoms with Gasteiger partial charge in [0.1, 0.15) is 10.5 Å². The SMILES string of the molecule is CCc1nc2ccc(C(=O)N(C)Cc3nc4ccsc4c(=O)[nH]3)cc2nc1CC. The number of benzene rings is 1. The van der Waals surface area contributed by atoms with Crippen LogP contribution in [-0.2, 0) is 19.4 Å². The third-order valence-corrected chi connectivity index (χ3v) is 5.74. The molecule has 29 heavy (non-hydrogen) atoms. The van der Waals surface area contributed by atoms with Crippen molar-refractivity contribution in [2.45, 2.75) is 33.2 Å². The smallest absolute Gasteiger partial charge is 0.268 e. The molecule has 3 aromatic heterocycles. The highest BCUT2D eigenvalue weighted by Gasteiger charge is 2.16. The average molecular weight is 407 g/mol. The van der Waals surface area contributed by atoms with Crippen molar-refractivity contribution in [2.24, 2.45) is 0 Å². The molecule has 4 aromatic rings. The van der Waals surface area contributed by atoms with Crippen LogP contribution in [0.25, 0.3) is 21.3 Å². The van der Waals surface area contributed by atoms with Gasteiger partial charge in [-0.2, -0.15) is 0 Å². The van der Waals surface area contributed by atoms with Gasteiger partial charge in [0.15, 0.2) is 0 Å². The second-order valence-corrected chi connectivity index (χ2v) is 7.75. The van der Waals surface area contributed by atoms with Crippen molar-refractivity contribution < 1.29 is 4.79 Å². The number of amides is 1. The Morgan fingerprint density at radius 2 is 1.76 bits per heavy atom. The van der Waals surface area contributed by atoms with Gasteiger partial charge in [-0.1, -0.05) is 13.8 Å². The summed E-state index contributed by atoms with van der Waals surface area (Å²) in [5.74, 6) is 0.289. The van der Waals surface area contributed by atoms with Crippen LogP contribution in [-0.4, -0.2) is 37.8 Å². The molecule has 148 valence electrons. The molecule has 0 aliphatic rings. The molecule has 0 fully saturated rings. The number of aromatic nitrogens is 4. The summed E-state index contributed by atoms with van der Waals surface area (Å²) in [5, 5.41) is 1.83. The topological polar surface area (TPSA) is 91.8 Å². The van der Waals surface area contributed by atoms with E-state index in [9.17, 15) is 9.59 Å². The second kappa shape index (κ2) is 7.71. The van der Waals surface area contributed by atoms with Crippen molar-refractivity contribution in [3.8, 4) is 0 Å². The first kappa shape index (κ1) is 19.2. The molecule has 0 unspecified atom stereocenters. The van der Waals surface area contributed by atoms with Crippen LogP contribution >= 0.6 is 11.3 Å². The molecule has 0 atom stereocenters. The molecule has 0 radical (unpaired) electrons. The van der Waals surface area contributed by atoms with Gasteiger partial charge < -0.3 is 9.88 Å². The Morgan fingerprint density at radius 3 is 2.48 bits per heavy atom. The van der Waals surface area contributed by atoms with E-state index in [-0.39, 0.29) is 18.0 Å². The third kappa shape index (κ3) is 3.63. The quantitative estimate of drug-likeness (QED) is 0.548. The Balaban J connectivity index is 1.62. The number of rotatable bonds is 5. The Hall–Kier alpha value is -3.13. The Morgan fingerprint density at radius 1 is 1.03 bits per heavy atom. The van der Waals surface area contributed by atoms with Gasteiger partial charge in [0, 0.05) is 12.6 Å². The molecular formula is C21H21N5O2S. The number of hydrogen-bond donors (Lipinski definition) is 1. The summed E-state index contributed by atoms with van der Waals surface area (Å²) in [6.45, 7) is 4.32. The van der Waals surface area contributed by atoms with Gasteiger partial charge in [-0.05, 0) is 42.5 Å². The number of carbonyl (C=O) groups excluding carboxylic acids is 1. The summed E-state index contributed by atoms with van der Waals surface area (Å²) in [4.78, 5) is 43.2. The predicted molar refractivity (Wildman–Crippen MR) is 114 cm³/mol. The molecule has 4 rings (SSSR count). The molecule has 0 aliphatic heterocycles. The lowest BCUT2D eigenvalue weighted by Gasteiger charge is -2.17. The Bertz CT molecular complexity index is 1280. The lowest BCUT2D eigenvalue weighted by molar-refractivity contribution is 0.0781. The highest BCUT2D eigenvalue weighted by atomic mass is 32.1. The van der Waals surface area contributed by atoms with Crippen LogP contribution in [0.4, 0.5) is 0 Å². The molecule has 3 heterocycles. The highest BCUT2D eigenvalue weighted by molar-refractivity contribution is 7.17. The first-order chi connectivity index (χ1) is 14.0. The van der Waals surface area contributed by atoms with E-state index < -0.39 is 0 Å². The first-order valence-corrected chi connectivity index (χ1v) is 10.4. The number of aryl methyl sites for hydroxylation is 2. The normalized spacial score (nSPS) is 11.3. The zero-order valence-corrected chi connectivity index (χ0v) is 17.3. The number of nitrogens with one attached hydrogen (secondary N) is 1. The summed E-state index contributed by atoms with van der Waals surface area (Å²) >= 11 is 1.35. The molecule has 1 aromatic carbocycles. The van der Waals surface area contributed by atoms with Gasteiger partial charge >= 0.3 is 0 Å². The van der Waals surface area contributed by atoms with E-state index in [0.717, 1.165) is 29.7 Å². The van der Waals surface area contributed by atoms with Crippen LogP contribution in [0.5, 0.6) is 0 Å². The van der Waals surface area contributed by atoms with Gasteiger partial charge in [0.25, 0.3) is 11.5 Å². The van der Waals surface area contributed by atoms with Gasteiger partial charge in [0.2, 0.25) is 0 Å². The van der Waals surface area contributed by atoms with E-state index in [0.29, 0.717) is 27.1 Å². The van der Waals surface area contributed by atoms with E-state index in [1.165, 1.54) is 16.2 Å². The molecule has 0 aliphatic carbocycles. The van der Waals surface area contributed by atoms with Crippen LogP contribution in [0.15, 0.2) is 34.4 Å². The van der Waals surface area contributed by atoms with E-state index in [1.807, 2.05) is 11.4 Å². The monoisotopic (exact) mass is 407 g/mol. The average Bonchev–Trinajstić information content (AvgIpc) is 3.20. The number of H-pyrrole nitrogens is 1. The van der Waals surface area contributed by atoms with Crippen LogP contribution in [0.1, 0.15) is 41.4 Å². The molecular weight excluding hydrogens is 386 g/mol. The number of thiophene rings is 1. The van der Waals surface area contributed by atoms with E-state index in [1.54, 1.807) is 25.2 Å². The number of aromatic amines is 1. The fourth-order valence-electron chi connectivity index (χ4n) is 3.34. The van der Waals surface area contributed by atoms with Crippen molar-refractivity contribution in [3.63, 3.8) is 0 Å². The maximum atomic E-state index is 12.9. The fourth-order valence-corrected chi connectivity index (χ4v) is 4.07. The minimum atomic E-state index is -0.180. The number of fused-ring (bicyclic) bond motifs is 2. The van der Waals surface area contributed by atoms with Gasteiger partial charge in [-0.25, -0.2) is 15.0 Å². The van der Waals surface area contributed by atoms with Crippen molar-refractivity contribution in [3.05, 3.63) is 62.8 Å². The van der Waals surface area contributed by atoms with Gasteiger partial charge in [-0.3, -0.25) is 9.59 Å². The summed E-state index contributed by atoms with van der Waals surface area (Å²) in [5.41, 5.74) is 4.45. The fraction of sp³-hybridized carbons (Fsp3) is 0.286. The zero-order valence-electron chi connectivity index (χ0n) is 16.5. The predicted octanol–water partition coefficient (Wildman–Crippen LogP) is 3.32. The zero-order chi connectivity index (χ0) is 20.5. The second-order valence-electron chi connectivity index (χ2n) is 6.84. The molecule has 1 amide bonds. The van der Waals surface area contributed by atoms with Gasteiger partial charge in [-0.15, -0.1) is 11.3 Å². The number of hydrogen-bond acceptors (Lipinski definition) is 6. The van der Waals surface area contributed by atoms with E-state index in [2.05, 4.69) is 28.8 Å². The number of carbonyl (C=O) groups is 1. The summed E-state index contributed by atoms with van der Waals surface area (Å²) in [6.07, 6.45) is 1.63. The lowest BCUT2D eigenvalue weighted by Crippen LogP contribution is -2.28. The van der Waals surface area contributed by atoms with Crippen molar-refractivity contribution in [1.29, 1.82) is 0 Å². The Kier molecular flexibility index (Phi) is 5.10. The highest BCUT2D eigenvalue weighted by Crippen LogP contribution is 2.18. The number of nitrogens with zero attached hydrogens (tertiary/aromatic N) is 4. The van der Waals surface area contributed by atoms with Crippen LogP contribution in [0.2, 0.25) is 0 Å². The minimum Gasteiger partial charge on any atom is -0.334 e. The summed E-state index contributed by atoms with van der Waals surface area (Å²) in [6, 6.07) is 7.18. The Labute approximate surface area is 171 Å². The maximum absolute atomic E-state index is 12.9. The molecule has 0 saturated carbocycles. The standard InChI is InChI=1S/C21H21N5O2S/c1-4-13-14(5-2)23-17-10-12(6-7-15(17)22-13)21(28)26(3)11-18-24-16-8-9-29-19(16)20(27)25-18/h6-10H,4-5,11H2,1-3H3,(H,24,25,27). The van der Waals surface area contributed by atoms with Gasteiger partial charge in [0.05, 0.1) is 34.5 Å². The van der Waals surface area contributed by atoms with E-state index >= 15 is 0 Å². The molecule has 7 nitrogen and oxygen atoms in total.